The van der Waals surface area contributed by atoms with Gasteiger partial charge >= 0.3 is 0 Å². The predicted molar refractivity (Wildman–Crippen MR) is 48.3 cm³/mol. The smallest absolute Gasteiger partial charge is 0.0781 e. The largest absolute Gasteiger partial charge is 0.377 e. The highest BCUT2D eigenvalue weighted by atomic mass is 16.5. The molecule has 1 rings (SSSR count). The van der Waals surface area contributed by atoms with Crippen molar-refractivity contribution in [2.24, 2.45) is 0 Å². The zero-order valence-electron chi connectivity index (χ0n) is 8.25. The minimum absolute atomic E-state index is 0.250. The van der Waals surface area contributed by atoms with Gasteiger partial charge < -0.3 is 9.47 Å². The van der Waals surface area contributed by atoms with Gasteiger partial charge in [-0.3, -0.25) is 4.90 Å². The van der Waals surface area contributed by atoms with Crippen LogP contribution in [-0.2, 0) is 9.47 Å². The Kier molecular flexibility index (Phi) is 3.98. The SMILES string of the molecule is CCN(C)C1COCC(C)OC1. The van der Waals surface area contributed by atoms with Crippen molar-refractivity contribution in [2.75, 3.05) is 33.4 Å². The van der Waals surface area contributed by atoms with Gasteiger partial charge in [0.25, 0.3) is 0 Å². The summed E-state index contributed by atoms with van der Waals surface area (Å²) in [6.45, 7) is 7.57. The average Bonchev–Trinajstić information content (AvgIpc) is 2.29. The molecular weight excluding hydrogens is 154 g/mol. The Bertz CT molecular complexity index is 130. The summed E-state index contributed by atoms with van der Waals surface area (Å²) in [6, 6.07) is 0.431. The lowest BCUT2D eigenvalue weighted by atomic mass is 10.3. The Morgan fingerprint density at radius 3 is 2.75 bits per heavy atom. The second-order valence-corrected chi connectivity index (χ2v) is 3.41. The fourth-order valence-corrected chi connectivity index (χ4v) is 1.25. The summed E-state index contributed by atoms with van der Waals surface area (Å²) in [6.07, 6.45) is 0.250. The van der Waals surface area contributed by atoms with Crippen LogP contribution in [0.4, 0.5) is 0 Å². The molecule has 72 valence electrons. The number of rotatable bonds is 2. The number of ether oxygens (including phenoxy) is 2. The second kappa shape index (κ2) is 4.80. The third kappa shape index (κ3) is 2.73. The molecule has 1 aliphatic heterocycles. The van der Waals surface area contributed by atoms with E-state index in [9.17, 15) is 0 Å². The van der Waals surface area contributed by atoms with E-state index >= 15 is 0 Å². The molecule has 0 aromatic rings. The van der Waals surface area contributed by atoms with Gasteiger partial charge in [-0.2, -0.15) is 0 Å². The van der Waals surface area contributed by atoms with Gasteiger partial charge in [0.2, 0.25) is 0 Å². The Morgan fingerprint density at radius 2 is 2.08 bits per heavy atom. The lowest BCUT2D eigenvalue weighted by Crippen LogP contribution is -2.37. The molecule has 0 amide bonds. The molecule has 0 bridgehead atoms. The normalized spacial score (nSPS) is 32.0. The van der Waals surface area contributed by atoms with Gasteiger partial charge in [0.05, 0.1) is 32.0 Å². The molecule has 3 nitrogen and oxygen atoms in total. The van der Waals surface area contributed by atoms with Crippen molar-refractivity contribution in [3.63, 3.8) is 0 Å². The Hall–Kier alpha value is -0.120. The van der Waals surface area contributed by atoms with Crippen LogP contribution in [0.5, 0.6) is 0 Å². The molecule has 0 aromatic carbocycles. The maximum atomic E-state index is 5.57. The van der Waals surface area contributed by atoms with Gasteiger partial charge in [0.15, 0.2) is 0 Å². The molecule has 3 heteroatoms. The molecule has 2 atom stereocenters. The highest BCUT2D eigenvalue weighted by Crippen LogP contribution is 2.06. The molecule has 0 saturated carbocycles. The summed E-state index contributed by atoms with van der Waals surface area (Å²) in [5.74, 6) is 0. The molecule has 0 aliphatic carbocycles. The number of hydrogen-bond donors (Lipinski definition) is 0. The summed E-state index contributed by atoms with van der Waals surface area (Å²) in [5, 5.41) is 0. The average molecular weight is 173 g/mol. The van der Waals surface area contributed by atoms with Crippen molar-refractivity contribution in [3.8, 4) is 0 Å². The van der Waals surface area contributed by atoms with Crippen molar-refractivity contribution in [3.05, 3.63) is 0 Å². The van der Waals surface area contributed by atoms with Crippen LogP contribution in [-0.4, -0.2) is 50.5 Å². The molecule has 0 N–H and O–H groups in total. The molecule has 0 aromatic heterocycles. The van der Waals surface area contributed by atoms with Crippen LogP contribution in [0.1, 0.15) is 13.8 Å². The van der Waals surface area contributed by atoms with Gasteiger partial charge in [0.1, 0.15) is 0 Å². The zero-order valence-corrected chi connectivity index (χ0v) is 8.25. The minimum Gasteiger partial charge on any atom is -0.377 e. The molecule has 1 saturated heterocycles. The topological polar surface area (TPSA) is 21.7 Å². The lowest BCUT2D eigenvalue weighted by Gasteiger charge is -2.24. The summed E-state index contributed by atoms with van der Waals surface area (Å²) in [7, 11) is 2.10. The van der Waals surface area contributed by atoms with E-state index in [1.165, 1.54) is 0 Å². The van der Waals surface area contributed by atoms with Gasteiger partial charge in [0, 0.05) is 0 Å². The molecular formula is C9H19NO2. The van der Waals surface area contributed by atoms with Gasteiger partial charge in [-0.25, -0.2) is 0 Å². The Labute approximate surface area is 74.6 Å². The Balaban J connectivity index is 2.35. The monoisotopic (exact) mass is 173 g/mol. The van der Waals surface area contributed by atoms with E-state index in [4.69, 9.17) is 9.47 Å². The van der Waals surface area contributed by atoms with E-state index < -0.39 is 0 Å². The van der Waals surface area contributed by atoms with E-state index in [2.05, 4.69) is 18.9 Å². The first-order valence-electron chi connectivity index (χ1n) is 4.63. The Morgan fingerprint density at radius 1 is 1.33 bits per heavy atom. The van der Waals surface area contributed by atoms with E-state index in [-0.39, 0.29) is 6.10 Å². The molecule has 1 aliphatic rings. The van der Waals surface area contributed by atoms with Crippen LogP contribution >= 0.6 is 0 Å². The van der Waals surface area contributed by atoms with E-state index in [0.717, 1.165) is 26.4 Å². The summed E-state index contributed by atoms with van der Waals surface area (Å²) < 4.78 is 11.0. The minimum atomic E-state index is 0.250. The first-order chi connectivity index (χ1) is 5.74. The molecule has 0 radical (unpaired) electrons. The quantitative estimate of drug-likeness (QED) is 0.615. The van der Waals surface area contributed by atoms with Crippen LogP contribution in [0.15, 0.2) is 0 Å². The highest BCUT2D eigenvalue weighted by Gasteiger charge is 2.19. The lowest BCUT2D eigenvalue weighted by molar-refractivity contribution is 0.0341. The van der Waals surface area contributed by atoms with Gasteiger partial charge in [-0.15, -0.1) is 0 Å². The van der Waals surface area contributed by atoms with Crippen molar-refractivity contribution in [1.29, 1.82) is 0 Å². The van der Waals surface area contributed by atoms with Crippen molar-refractivity contribution >= 4 is 0 Å². The standard InChI is InChI=1S/C9H19NO2/c1-4-10(3)9-6-11-5-8(2)12-7-9/h8-9H,4-7H2,1-3H3. The fraction of sp³-hybridized carbons (Fsp3) is 1.00. The molecule has 1 fully saturated rings. The first-order valence-corrected chi connectivity index (χ1v) is 4.63. The maximum Gasteiger partial charge on any atom is 0.0781 e. The van der Waals surface area contributed by atoms with Crippen LogP contribution in [0.25, 0.3) is 0 Å². The second-order valence-electron chi connectivity index (χ2n) is 3.41. The van der Waals surface area contributed by atoms with Crippen LogP contribution in [0, 0.1) is 0 Å². The van der Waals surface area contributed by atoms with Crippen LogP contribution in [0.3, 0.4) is 0 Å². The van der Waals surface area contributed by atoms with E-state index in [0.29, 0.717) is 6.04 Å². The summed E-state index contributed by atoms with van der Waals surface area (Å²) in [4.78, 5) is 2.26. The molecule has 1 heterocycles. The maximum absolute atomic E-state index is 5.57. The van der Waals surface area contributed by atoms with Crippen molar-refractivity contribution in [2.45, 2.75) is 26.0 Å². The first kappa shape index (κ1) is 9.96. The van der Waals surface area contributed by atoms with Gasteiger partial charge in [-0.1, -0.05) is 6.92 Å². The fourth-order valence-electron chi connectivity index (χ4n) is 1.25. The number of likely N-dealkylation sites (N-methyl/N-ethyl adjacent to an activating group) is 1. The van der Waals surface area contributed by atoms with Crippen molar-refractivity contribution < 1.29 is 9.47 Å². The van der Waals surface area contributed by atoms with E-state index in [1.807, 2.05) is 6.92 Å². The van der Waals surface area contributed by atoms with E-state index in [1.54, 1.807) is 0 Å². The van der Waals surface area contributed by atoms with Crippen molar-refractivity contribution in [1.82, 2.24) is 4.90 Å². The predicted octanol–water partition coefficient (Wildman–Crippen LogP) is 0.742. The molecule has 12 heavy (non-hydrogen) atoms. The third-order valence-corrected chi connectivity index (χ3v) is 2.36. The molecule has 2 unspecified atom stereocenters. The third-order valence-electron chi connectivity index (χ3n) is 2.36. The zero-order chi connectivity index (χ0) is 8.97. The number of nitrogens with zero attached hydrogens (tertiary/aromatic N) is 1. The summed E-state index contributed by atoms with van der Waals surface area (Å²) >= 11 is 0. The highest BCUT2D eigenvalue weighted by molar-refractivity contribution is 4.70. The van der Waals surface area contributed by atoms with Gasteiger partial charge in [-0.05, 0) is 20.5 Å². The van der Waals surface area contributed by atoms with Crippen LogP contribution < -0.4 is 0 Å². The van der Waals surface area contributed by atoms with Crippen LogP contribution in [0.2, 0.25) is 0 Å². The molecule has 0 spiro atoms. The summed E-state index contributed by atoms with van der Waals surface area (Å²) in [5.41, 5.74) is 0. The number of hydrogen-bond acceptors (Lipinski definition) is 3.